The summed E-state index contributed by atoms with van der Waals surface area (Å²) in [5.74, 6) is 0.0821. The van der Waals surface area contributed by atoms with Crippen molar-refractivity contribution in [3.8, 4) is 0 Å². The van der Waals surface area contributed by atoms with Crippen LogP contribution in [0.1, 0.15) is 22.9 Å². The van der Waals surface area contributed by atoms with Gasteiger partial charge in [0.1, 0.15) is 0 Å². The normalized spacial score (nSPS) is 16.5. The molecule has 1 aromatic heterocycles. The first-order chi connectivity index (χ1) is 12.2. The highest BCUT2D eigenvalue weighted by molar-refractivity contribution is 7.09. The van der Waals surface area contributed by atoms with Crippen molar-refractivity contribution in [3.63, 3.8) is 0 Å². The molecule has 2 aromatic rings. The first-order valence-electron chi connectivity index (χ1n) is 8.59. The average molecular weight is 379 g/mol. The van der Waals surface area contributed by atoms with Gasteiger partial charge in [-0.05, 0) is 29.5 Å². The van der Waals surface area contributed by atoms with Gasteiger partial charge in [-0.15, -0.1) is 11.3 Å². The van der Waals surface area contributed by atoms with E-state index in [0.29, 0.717) is 26.2 Å². The molecule has 3 rings (SSSR count). The van der Waals surface area contributed by atoms with E-state index in [2.05, 4.69) is 16.3 Å². The van der Waals surface area contributed by atoms with Crippen molar-refractivity contribution in [2.24, 2.45) is 0 Å². The van der Waals surface area contributed by atoms with Crippen LogP contribution in [0.5, 0.6) is 0 Å². The molecule has 1 aliphatic rings. The molecule has 0 bridgehead atoms. The molecular weight excluding hydrogens is 356 g/mol. The van der Waals surface area contributed by atoms with Gasteiger partial charge in [-0.2, -0.15) is 0 Å². The summed E-state index contributed by atoms with van der Waals surface area (Å²) < 4.78 is 5.46. The molecule has 134 valence electrons. The minimum atomic E-state index is 0.0725. The number of morpholine rings is 1. The van der Waals surface area contributed by atoms with Gasteiger partial charge in [0.05, 0.1) is 19.3 Å². The van der Waals surface area contributed by atoms with Crippen molar-refractivity contribution in [1.29, 1.82) is 0 Å². The molecule has 4 nitrogen and oxygen atoms in total. The van der Waals surface area contributed by atoms with Gasteiger partial charge in [-0.3, -0.25) is 9.69 Å². The summed E-state index contributed by atoms with van der Waals surface area (Å²) in [6, 6.07) is 12.0. The minimum Gasteiger partial charge on any atom is -0.379 e. The van der Waals surface area contributed by atoms with E-state index >= 15 is 0 Å². The lowest BCUT2D eigenvalue weighted by Gasteiger charge is -2.35. The van der Waals surface area contributed by atoms with E-state index in [4.69, 9.17) is 16.3 Å². The first-order valence-corrected chi connectivity index (χ1v) is 9.85. The Labute approximate surface area is 157 Å². The van der Waals surface area contributed by atoms with Crippen LogP contribution in [0.15, 0.2) is 41.8 Å². The molecule has 1 saturated heterocycles. The Morgan fingerprint density at radius 1 is 1.24 bits per heavy atom. The van der Waals surface area contributed by atoms with Crippen molar-refractivity contribution in [1.82, 2.24) is 10.2 Å². The molecule has 1 aromatic carbocycles. The number of nitrogens with one attached hydrogen (secondary N) is 1. The van der Waals surface area contributed by atoms with Gasteiger partial charge < -0.3 is 10.1 Å². The maximum absolute atomic E-state index is 12.3. The quantitative estimate of drug-likeness (QED) is 0.801. The van der Waals surface area contributed by atoms with Crippen LogP contribution < -0.4 is 5.32 Å². The highest BCUT2D eigenvalue weighted by Gasteiger charge is 2.24. The minimum absolute atomic E-state index is 0.0725. The fraction of sp³-hybridized carbons (Fsp3) is 0.421. The second-order valence-corrected chi connectivity index (χ2v) is 7.51. The number of thiophene rings is 1. The molecule has 0 radical (unpaired) electrons. The maximum Gasteiger partial charge on any atom is 0.220 e. The number of ether oxygens (including phenoxy) is 1. The average Bonchev–Trinajstić information content (AvgIpc) is 3.16. The summed E-state index contributed by atoms with van der Waals surface area (Å²) in [5, 5.41) is 5.88. The van der Waals surface area contributed by atoms with Gasteiger partial charge >= 0.3 is 0 Å². The number of carbonyl (C=O) groups excluding carboxylic acids is 1. The van der Waals surface area contributed by atoms with Crippen LogP contribution in [-0.2, 0) is 16.0 Å². The van der Waals surface area contributed by atoms with Crippen LogP contribution in [0.2, 0.25) is 5.02 Å². The Morgan fingerprint density at radius 3 is 2.76 bits per heavy atom. The molecule has 1 fully saturated rings. The molecule has 1 unspecified atom stereocenters. The zero-order valence-electron chi connectivity index (χ0n) is 14.1. The summed E-state index contributed by atoms with van der Waals surface area (Å²) in [4.78, 5) is 15.8. The van der Waals surface area contributed by atoms with Crippen LogP contribution in [-0.4, -0.2) is 43.7 Å². The Kier molecular flexibility index (Phi) is 6.87. The number of hydrogen-bond acceptors (Lipinski definition) is 4. The van der Waals surface area contributed by atoms with Gasteiger partial charge in [0.25, 0.3) is 0 Å². The lowest BCUT2D eigenvalue weighted by atomic mass is 10.0. The first kappa shape index (κ1) is 18.4. The topological polar surface area (TPSA) is 41.6 Å². The summed E-state index contributed by atoms with van der Waals surface area (Å²) in [5.41, 5.74) is 1.06. The smallest absolute Gasteiger partial charge is 0.220 e. The van der Waals surface area contributed by atoms with Gasteiger partial charge in [-0.25, -0.2) is 0 Å². The lowest BCUT2D eigenvalue weighted by molar-refractivity contribution is -0.121. The van der Waals surface area contributed by atoms with Crippen LogP contribution >= 0.6 is 22.9 Å². The van der Waals surface area contributed by atoms with Crippen molar-refractivity contribution in [3.05, 3.63) is 57.2 Å². The predicted octanol–water partition coefficient (Wildman–Crippen LogP) is 3.52. The largest absolute Gasteiger partial charge is 0.379 e. The molecule has 1 atom stereocenters. The van der Waals surface area contributed by atoms with Gasteiger partial charge in [0.15, 0.2) is 0 Å². The van der Waals surface area contributed by atoms with Crippen molar-refractivity contribution >= 4 is 28.8 Å². The molecule has 1 aliphatic heterocycles. The van der Waals surface area contributed by atoms with Crippen molar-refractivity contribution in [2.75, 3.05) is 32.8 Å². The van der Waals surface area contributed by atoms with Crippen molar-refractivity contribution < 1.29 is 9.53 Å². The Hall–Kier alpha value is -1.40. The lowest BCUT2D eigenvalue weighted by Crippen LogP contribution is -2.44. The van der Waals surface area contributed by atoms with Crippen LogP contribution in [0.4, 0.5) is 0 Å². The van der Waals surface area contributed by atoms with E-state index in [0.717, 1.165) is 30.1 Å². The summed E-state index contributed by atoms with van der Waals surface area (Å²) in [7, 11) is 0. The molecule has 6 heteroatoms. The third-order valence-electron chi connectivity index (χ3n) is 4.42. The Bertz CT molecular complexity index is 672. The number of nitrogens with zero attached hydrogens (tertiary/aromatic N) is 1. The van der Waals surface area contributed by atoms with E-state index < -0.39 is 0 Å². The van der Waals surface area contributed by atoms with E-state index in [1.165, 1.54) is 4.88 Å². The number of carbonyl (C=O) groups is 1. The Balaban J connectivity index is 1.61. The third-order valence-corrected chi connectivity index (χ3v) is 5.70. The molecule has 0 saturated carbocycles. The fourth-order valence-corrected chi connectivity index (χ4v) is 4.03. The molecule has 1 N–H and O–H groups in total. The zero-order chi connectivity index (χ0) is 17.5. The van der Waals surface area contributed by atoms with Gasteiger partial charge in [0, 0.05) is 36.0 Å². The molecule has 25 heavy (non-hydrogen) atoms. The van der Waals surface area contributed by atoms with E-state index in [-0.39, 0.29) is 11.9 Å². The summed E-state index contributed by atoms with van der Waals surface area (Å²) in [6.07, 6.45) is 1.30. The molecular formula is C19H23ClN2O2S. The highest BCUT2D eigenvalue weighted by atomic mass is 35.5. The standard InChI is InChI=1S/C19H23ClN2O2S/c20-17-6-2-1-5-16(17)18(22-9-11-24-12-10-22)14-21-19(23)8-7-15-4-3-13-25-15/h1-6,13,18H,7-12,14H2,(H,21,23). The monoisotopic (exact) mass is 378 g/mol. The SMILES string of the molecule is O=C(CCc1cccs1)NCC(c1ccccc1Cl)N1CCOCC1. The Morgan fingerprint density at radius 2 is 2.04 bits per heavy atom. The molecule has 1 amide bonds. The third kappa shape index (κ3) is 5.28. The maximum atomic E-state index is 12.3. The van der Waals surface area contributed by atoms with Crippen LogP contribution in [0.25, 0.3) is 0 Å². The number of hydrogen-bond donors (Lipinski definition) is 1. The molecule has 0 spiro atoms. The van der Waals surface area contributed by atoms with Gasteiger partial charge in [-0.1, -0.05) is 35.9 Å². The molecule has 2 heterocycles. The summed E-state index contributed by atoms with van der Waals surface area (Å²) >= 11 is 8.10. The highest BCUT2D eigenvalue weighted by Crippen LogP contribution is 2.27. The van der Waals surface area contributed by atoms with Crippen molar-refractivity contribution in [2.45, 2.75) is 18.9 Å². The summed E-state index contributed by atoms with van der Waals surface area (Å²) in [6.45, 7) is 3.69. The van der Waals surface area contributed by atoms with Crippen LogP contribution in [0, 0.1) is 0 Å². The van der Waals surface area contributed by atoms with E-state index in [1.807, 2.05) is 35.7 Å². The van der Waals surface area contributed by atoms with E-state index in [1.54, 1.807) is 11.3 Å². The number of amides is 1. The second-order valence-electron chi connectivity index (χ2n) is 6.07. The van der Waals surface area contributed by atoms with E-state index in [9.17, 15) is 4.79 Å². The predicted molar refractivity (Wildman–Crippen MR) is 102 cm³/mol. The second kappa shape index (κ2) is 9.34. The zero-order valence-corrected chi connectivity index (χ0v) is 15.7. The number of rotatable bonds is 7. The number of aryl methyl sites for hydroxylation is 1. The number of halogens is 1. The molecule has 0 aliphatic carbocycles. The number of benzene rings is 1. The van der Waals surface area contributed by atoms with Gasteiger partial charge in [0.2, 0.25) is 5.91 Å². The van der Waals surface area contributed by atoms with Crippen LogP contribution in [0.3, 0.4) is 0 Å². The fourth-order valence-electron chi connectivity index (χ4n) is 3.06.